The summed E-state index contributed by atoms with van der Waals surface area (Å²) in [6.07, 6.45) is 13.7. The van der Waals surface area contributed by atoms with Gasteiger partial charge in [-0.05, 0) is 97.1 Å². The molecule has 0 amide bonds. The number of hydrogen-bond acceptors (Lipinski definition) is 7. The fraction of sp³-hybridized carbons (Fsp3) is 0.739. The molecule has 2 aromatic carbocycles. The van der Waals surface area contributed by atoms with E-state index in [1.807, 2.05) is 0 Å². The number of unbranched alkanes of at least 4 members (excludes halogenated alkanes) is 6. The third-order valence-corrected chi connectivity index (χ3v) is 12.8. The highest BCUT2D eigenvalue weighted by molar-refractivity contribution is 7.99. The van der Waals surface area contributed by atoms with Crippen molar-refractivity contribution >= 4 is 29.0 Å². The summed E-state index contributed by atoms with van der Waals surface area (Å²) >= 11 is 1.77. The average Bonchev–Trinajstić information content (AvgIpc) is 3.06. The predicted molar refractivity (Wildman–Crippen MR) is 239 cm³/mol. The normalized spacial score (nSPS) is 13.1. The highest BCUT2D eigenvalue weighted by Gasteiger charge is 2.27. The molecule has 0 saturated heterocycles. The maximum Gasteiger partial charge on any atom is 0.397 e. The molecule has 1 unspecified atom stereocenters. The van der Waals surface area contributed by atoms with Gasteiger partial charge in [0.15, 0.2) is 0 Å². The Kier molecular flexibility index (Phi) is 23.3. The Morgan fingerprint density at radius 1 is 0.527 bits per heavy atom. The SMILES string of the molecule is Cc1cc(OP(O)OCCCCCC(C)C)c(C(C)(C)C)cc1Sc1cc(C(C)(C)C)c(OP(OCCCCCC(C)C)OCCCCCC(C)C)cc1C. The molecule has 1 N–H and O–H groups in total. The van der Waals surface area contributed by atoms with Gasteiger partial charge in [0.05, 0.1) is 19.8 Å². The smallest absolute Gasteiger partial charge is 0.397 e. The predicted octanol–water partition coefficient (Wildman–Crippen LogP) is 16.0. The van der Waals surface area contributed by atoms with Crippen LogP contribution in [-0.4, -0.2) is 24.7 Å². The molecular weight excluding hydrogens is 743 g/mol. The molecule has 9 heteroatoms. The molecule has 0 fully saturated rings. The van der Waals surface area contributed by atoms with Crippen LogP contribution in [0.4, 0.5) is 0 Å². The van der Waals surface area contributed by atoms with Gasteiger partial charge in [-0.2, -0.15) is 0 Å². The second-order valence-electron chi connectivity index (χ2n) is 18.7. The lowest BCUT2D eigenvalue weighted by Gasteiger charge is -2.27. The van der Waals surface area contributed by atoms with E-state index in [0.717, 1.165) is 83.3 Å². The fourth-order valence-corrected chi connectivity index (χ4v) is 8.92. The van der Waals surface area contributed by atoms with Crippen LogP contribution in [0.25, 0.3) is 0 Å². The van der Waals surface area contributed by atoms with E-state index >= 15 is 0 Å². The lowest BCUT2D eigenvalue weighted by molar-refractivity contribution is 0.197. The molecule has 2 aromatic rings. The Morgan fingerprint density at radius 3 is 1.25 bits per heavy atom. The molecule has 2 rings (SSSR count). The summed E-state index contributed by atoms with van der Waals surface area (Å²) in [4.78, 5) is 13.1. The summed E-state index contributed by atoms with van der Waals surface area (Å²) in [5.41, 5.74) is 4.05. The van der Waals surface area contributed by atoms with Crippen LogP contribution in [0.1, 0.15) is 182 Å². The van der Waals surface area contributed by atoms with Crippen LogP contribution in [0.2, 0.25) is 0 Å². The van der Waals surface area contributed by atoms with Crippen LogP contribution >= 0.6 is 29.0 Å². The van der Waals surface area contributed by atoms with E-state index < -0.39 is 17.2 Å². The molecule has 6 nitrogen and oxygen atoms in total. The van der Waals surface area contributed by atoms with Crippen LogP contribution in [0, 0.1) is 31.6 Å². The minimum atomic E-state index is -2.02. The van der Waals surface area contributed by atoms with Gasteiger partial charge in [0, 0.05) is 20.9 Å². The van der Waals surface area contributed by atoms with Gasteiger partial charge < -0.3 is 27.5 Å². The van der Waals surface area contributed by atoms with E-state index in [4.69, 9.17) is 22.6 Å². The van der Waals surface area contributed by atoms with Crippen molar-refractivity contribution in [3.05, 3.63) is 46.5 Å². The summed E-state index contributed by atoms with van der Waals surface area (Å²) in [5.74, 6) is 3.71. The molecule has 0 radical (unpaired) electrons. The van der Waals surface area contributed by atoms with E-state index in [1.165, 1.54) is 43.4 Å². The maximum absolute atomic E-state index is 10.8. The third kappa shape index (κ3) is 20.6. The monoisotopic (exact) mass is 823 g/mol. The molecule has 0 aliphatic carbocycles. The Hall–Kier alpha value is -0.910. The van der Waals surface area contributed by atoms with Gasteiger partial charge in [-0.15, -0.1) is 0 Å². The van der Waals surface area contributed by atoms with Gasteiger partial charge in [-0.3, -0.25) is 0 Å². The van der Waals surface area contributed by atoms with Gasteiger partial charge in [0.2, 0.25) is 0 Å². The van der Waals surface area contributed by atoms with Crippen molar-refractivity contribution in [1.82, 2.24) is 0 Å². The molecule has 0 spiro atoms. The zero-order chi connectivity index (χ0) is 41.2. The quantitative estimate of drug-likeness (QED) is 0.0711. The van der Waals surface area contributed by atoms with E-state index in [1.54, 1.807) is 11.8 Å². The van der Waals surface area contributed by atoms with Crippen molar-refractivity contribution in [1.29, 1.82) is 0 Å². The van der Waals surface area contributed by atoms with Crippen molar-refractivity contribution in [2.75, 3.05) is 19.8 Å². The van der Waals surface area contributed by atoms with Gasteiger partial charge in [0.25, 0.3) is 0 Å². The second-order valence-corrected chi connectivity index (χ2v) is 21.8. The van der Waals surface area contributed by atoms with Crippen LogP contribution < -0.4 is 9.05 Å². The van der Waals surface area contributed by atoms with E-state index in [0.29, 0.717) is 31.5 Å². The number of aryl methyl sites for hydroxylation is 2. The first-order chi connectivity index (χ1) is 25.8. The first-order valence-corrected chi connectivity index (χ1v) is 24.3. The minimum Gasteiger partial charge on any atom is -0.427 e. The van der Waals surface area contributed by atoms with Gasteiger partial charge in [-0.25, -0.2) is 0 Å². The Bertz CT molecular complexity index is 1350. The topological polar surface area (TPSA) is 66.4 Å². The first kappa shape index (κ1) is 50.2. The van der Waals surface area contributed by atoms with Crippen LogP contribution in [0.5, 0.6) is 11.5 Å². The van der Waals surface area contributed by atoms with Crippen LogP contribution in [0.15, 0.2) is 34.1 Å². The highest BCUT2D eigenvalue weighted by atomic mass is 32.2. The van der Waals surface area contributed by atoms with Crippen molar-refractivity contribution < 1.29 is 27.5 Å². The average molecular weight is 823 g/mol. The summed E-state index contributed by atoms with van der Waals surface area (Å²) in [7, 11) is -3.55. The summed E-state index contributed by atoms with van der Waals surface area (Å²) < 4.78 is 31.3. The largest absolute Gasteiger partial charge is 0.427 e. The highest BCUT2D eigenvalue weighted by Crippen LogP contribution is 2.49. The number of benzene rings is 2. The third-order valence-electron chi connectivity index (χ3n) is 9.61. The lowest BCUT2D eigenvalue weighted by atomic mass is 9.86. The summed E-state index contributed by atoms with van der Waals surface area (Å²) in [6.45, 7) is 33.0. The fourth-order valence-electron chi connectivity index (χ4n) is 6.18. The van der Waals surface area contributed by atoms with Crippen molar-refractivity contribution in [3.8, 4) is 11.5 Å². The molecule has 0 aromatic heterocycles. The second kappa shape index (κ2) is 25.5. The van der Waals surface area contributed by atoms with Crippen molar-refractivity contribution in [2.24, 2.45) is 17.8 Å². The molecular formula is C46H80O6P2S. The molecule has 0 heterocycles. The molecule has 0 saturated carbocycles. The number of rotatable bonds is 27. The molecule has 316 valence electrons. The van der Waals surface area contributed by atoms with E-state index in [-0.39, 0.29) is 10.8 Å². The maximum atomic E-state index is 10.8. The van der Waals surface area contributed by atoms with Crippen molar-refractivity contribution in [2.45, 2.75) is 195 Å². The Labute approximate surface area is 345 Å². The van der Waals surface area contributed by atoms with Gasteiger partial charge in [-0.1, -0.05) is 153 Å². The van der Waals surface area contributed by atoms with Gasteiger partial charge in [0.1, 0.15) is 11.5 Å². The van der Waals surface area contributed by atoms with Crippen LogP contribution in [-0.2, 0) is 24.4 Å². The van der Waals surface area contributed by atoms with Gasteiger partial charge >= 0.3 is 17.2 Å². The van der Waals surface area contributed by atoms with E-state index in [2.05, 4.69) is 121 Å². The standard InChI is InChI=1S/C46H80O6P2S/c1-34(2)24-18-15-21-27-48-53(47)51-41-30-37(7)43(32-39(41)45(9,10)11)55-44-33-40(46(12,13)14)42(31-38(44)8)52-54(49-28-22-16-19-25-35(3)4)50-29-23-17-20-26-36(5)6/h30-36,47H,15-29H2,1-14H3. The molecule has 55 heavy (non-hydrogen) atoms. The lowest BCUT2D eigenvalue weighted by Crippen LogP contribution is -2.14. The molecule has 1 atom stereocenters. The van der Waals surface area contributed by atoms with Crippen LogP contribution in [0.3, 0.4) is 0 Å². The summed E-state index contributed by atoms with van der Waals surface area (Å²) in [6, 6.07) is 8.76. The zero-order valence-corrected chi connectivity index (χ0v) is 40.0. The Balaban J connectivity index is 2.28. The molecule has 0 aliphatic heterocycles. The molecule has 0 aliphatic rings. The molecule has 0 bridgehead atoms. The Morgan fingerprint density at radius 2 is 0.891 bits per heavy atom. The first-order valence-electron chi connectivity index (χ1n) is 21.3. The zero-order valence-electron chi connectivity index (χ0n) is 37.4. The summed E-state index contributed by atoms with van der Waals surface area (Å²) in [5, 5.41) is 0. The van der Waals surface area contributed by atoms with Crippen molar-refractivity contribution in [3.63, 3.8) is 0 Å². The minimum absolute atomic E-state index is 0.164. The van der Waals surface area contributed by atoms with E-state index in [9.17, 15) is 4.89 Å². The number of hydrogen-bond donors (Lipinski definition) is 1.